The molecule has 0 bridgehead atoms. The van der Waals surface area contributed by atoms with Gasteiger partial charge in [0.05, 0.1) is 29.2 Å². The third-order valence-electron chi connectivity index (χ3n) is 7.59. The van der Waals surface area contributed by atoms with Crippen LogP contribution in [-0.2, 0) is 10.0 Å². The largest absolute Gasteiger partial charge is 0.357 e. The molecule has 10 nitrogen and oxygen atoms in total. The number of hydrogen-bond acceptors (Lipinski definition) is 7. The Morgan fingerprint density at radius 1 is 0.973 bits per heavy atom. The number of hydrogen-bond donors (Lipinski definition) is 1. The van der Waals surface area contributed by atoms with Crippen molar-refractivity contribution in [1.29, 1.82) is 0 Å². The van der Waals surface area contributed by atoms with Gasteiger partial charge in [-0.05, 0) is 51.2 Å². The van der Waals surface area contributed by atoms with Crippen molar-refractivity contribution in [3.63, 3.8) is 0 Å². The Kier molecular flexibility index (Phi) is 5.97. The first-order valence-electron chi connectivity index (χ1n) is 13.1. The van der Waals surface area contributed by atoms with E-state index in [2.05, 4.69) is 25.0 Å². The Bertz CT molecular complexity index is 1460. The molecule has 1 amide bonds. The molecule has 1 N–H and O–H groups in total. The van der Waals surface area contributed by atoms with Gasteiger partial charge >= 0.3 is 0 Å². The van der Waals surface area contributed by atoms with Gasteiger partial charge in [-0.25, -0.2) is 13.4 Å². The van der Waals surface area contributed by atoms with Crippen LogP contribution in [0.5, 0.6) is 0 Å². The number of likely N-dealkylation sites (tertiary alicyclic amines) is 1. The first kappa shape index (κ1) is 24.0. The molecule has 3 aromatic rings. The summed E-state index contributed by atoms with van der Waals surface area (Å²) in [5.74, 6) is 2.54. The molecule has 3 saturated heterocycles. The van der Waals surface area contributed by atoms with Gasteiger partial charge in [-0.15, -0.1) is 0 Å². The number of nitrogens with one attached hydrogen (secondary N) is 1. The van der Waals surface area contributed by atoms with Crippen LogP contribution in [0.4, 0.5) is 17.3 Å². The maximum absolute atomic E-state index is 13.9. The lowest BCUT2D eigenvalue weighted by atomic mass is 9.98. The summed E-state index contributed by atoms with van der Waals surface area (Å²) in [7, 11) is -3.53. The highest BCUT2D eigenvalue weighted by Crippen LogP contribution is 2.35. The zero-order valence-corrected chi connectivity index (χ0v) is 22.2. The zero-order valence-electron chi connectivity index (χ0n) is 21.4. The number of nitrogens with zero attached hydrogens (tertiary/aromatic N) is 6. The SMILES string of the molecule is Cc1ccc(NS(C)(=O)=O)c(C(=O)N2CCCC[C@H]2c2cn3c(N4CCC4)cc(N4CCC4)nc3n2)c1. The number of carbonyl (C=O) groups excluding carboxylic acids is 1. The van der Waals surface area contributed by atoms with E-state index < -0.39 is 10.0 Å². The van der Waals surface area contributed by atoms with E-state index >= 15 is 0 Å². The highest BCUT2D eigenvalue weighted by atomic mass is 32.2. The Hall–Kier alpha value is -3.34. The van der Waals surface area contributed by atoms with E-state index in [4.69, 9.17) is 9.97 Å². The molecule has 3 aliphatic heterocycles. The lowest BCUT2D eigenvalue weighted by molar-refractivity contribution is 0.0607. The van der Waals surface area contributed by atoms with Gasteiger partial charge in [0, 0.05) is 45.0 Å². The van der Waals surface area contributed by atoms with Crippen molar-refractivity contribution in [3.8, 4) is 0 Å². The molecule has 6 rings (SSSR count). The monoisotopic (exact) mass is 523 g/mol. The number of aromatic nitrogens is 3. The molecule has 5 heterocycles. The molecular weight excluding hydrogens is 490 g/mol. The molecular formula is C26H33N7O3S. The minimum atomic E-state index is -3.53. The lowest BCUT2D eigenvalue weighted by Crippen LogP contribution is -2.40. The summed E-state index contributed by atoms with van der Waals surface area (Å²) in [6.07, 6.45) is 8.18. The van der Waals surface area contributed by atoms with Crippen molar-refractivity contribution >= 4 is 39.0 Å². The minimum Gasteiger partial charge on any atom is -0.357 e. The van der Waals surface area contributed by atoms with Gasteiger partial charge in [-0.2, -0.15) is 4.98 Å². The topological polar surface area (TPSA) is 103 Å². The molecule has 3 fully saturated rings. The number of amides is 1. The number of piperidine rings is 1. The molecule has 0 aliphatic carbocycles. The molecule has 11 heteroatoms. The van der Waals surface area contributed by atoms with Crippen molar-refractivity contribution in [2.45, 2.75) is 45.1 Å². The fourth-order valence-electron chi connectivity index (χ4n) is 5.37. The van der Waals surface area contributed by atoms with Crippen LogP contribution in [0.1, 0.15) is 59.8 Å². The Morgan fingerprint density at radius 3 is 2.41 bits per heavy atom. The predicted octanol–water partition coefficient (Wildman–Crippen LogP) is 3.20. The number of anilines is 3. The van der Waals surface area contributed by atoms with E-state index in [1.165, 1.54) is 12.8 Å². The molecule has 0 saturated carbocycles. The maximum atomic E-state index is 13.9. The average Bonchev–Trinajstić information content (AvgIpc) is 3.21. The summed E-state index contributed by atoms with van der Waals surface area (Å²) in [5, 5.41) is 0. The molecule has 196 valence electrons. The van der Waals surface area contributed by atoms with Gasteiger partial charge in [0.2, 0.25) is 15.8 Å². The van der Waals surface area contributed by atoms with Gasteiger partial charge in [-0.3, -0.25) is 13.9 Å². The Morgan fingerprint density at radius 2 is 1.73 bits per heavy atom. The standard InChI is InChI=1S/C26H33N7O3S/c1-18-8-9-20(29-37(2,35)36)19(15-18)25(34)32-14-4-3-7-22(32)21-17-33-24(31-12-6-13-31)16-23(28-26(33)27-21)30-10-5-11-30/h8-9,15-17,22,29H,3-7,10-14H2,1-2H3/t22-/m0/s1. The number of imidazole rings is 1. The van der Waals surface area contributed by atoms with Crippen LogP contribution in [-0.4, -0.2) is 72.6 Å². The van der Waals surface area contributed by atoms with Crippen molar-refractivity contribution < 1.29 is 13.2 Å². The van der Waals surface area contributed by atoms with Crippen LogP contribution in [0.15, 0.2) is 30.5 Å². The number of carbonyl (C=O) groups is 1. The second-order valence-electron chi connectivity index (χ2n) is 10.4. The fourth-order valence-corrected chi connectivity index (χ4v) is 5.95. The van der Waals surface area contributed by atoms with Gasteiger partial charge in [-0.1, -0.05) is 11.6 Å². The van der Waals surface area contributed by atoms with Gasteiger partial charge in [0.15, 0.2) is 0 Å². The van der Waals surface area contributed by atoms with Crippen LogP contribution in [0.3, 0.4) is 0 Å². The second kappa shape index (κ2) is 9.20. The summed E-state index contributed by atoms with van der Waals surface area (Å²) in [6, 6.07) is 7.18. The Balaban J connectivity index is 1.38. The highest BCUT2D eigenvalue weighted by molar-refractivity contribution is 7.92. The van der Waals surface area contributed by atoms with E-state index in [-0.39, 0.29) is 11.9 Å². The van der Waals surface area contributed by atoms with Gasteiger partial charge in [0.25, 0.3) is 5.91 Å². The number of rotatable bonds is 6. The third kappa shape index (κ3) is 4.60. The summed E-state index contributed by atoms with van der Waals surface area (Å²) >= 11 is 0. The number of aryl methyl sites for hydroxylation is 1. The van der Waals surface area contributed by atoms with E-state index in [1.807, 2.05) is 18.0 Å². The molecule has 2 aromatic heterocycles. The molecule has 0 radical (unpaired) electrons. The quantitative estimate of drug-likeness (QED) is 0.529. The Labute approximate surface area is 217 Å². The first-order valence-corrected chi connectivity index (χ1v) is 15.0. The van der Waals surface area contributed by atoms with E-state index in [9.17, 15) is 13.2 Å². The second-order valence-corrected chi connectivity index (χ2v) is 12.2. The molecule has 1 aromatic carbocycles. The van der Waals surface area contributed by atoms with Gasteiger partial charge in [0.1, 0.15) is 11.6 Å². The van der Waals surface area contributed by atoms with Crippen molar-refractivity contribution in [2.75, 3.05) is 53.5 Å². The molecule has 1 atom stereocenters. The zero-order chi connectivity index (χ0) is 25.7. The molecule has 0 spiro atoms. The minimum absolute atomic E-state index is 0.186. The summed E-state index contributed by atoms with van der Waals surface area (Å²) < 4.78 is 28.5. The summed E-state index contributed by atoms with van der Waals surface area (Å²) in [5.41, 5.74) is 2.39. The predicted molar refractivity (Wildman–Crippen MR) is 144 cm³/mol. The number of fused-ring (bicyclic) bond motifs is 1. The maximum Gasteiger partial charge on any atom is 0.256 e. The van der Waals surface area contributed by atoms with Crippen LogP contribution in [0.2, 0.25) is 0 Å². The van der Waals surface area contributed by atoms with E-state index in [0.29, 0.717) is 23.6 Å². The first-order chi connectivity index (χ1) is 17.8. The average molecular weight is 524 g/mol. The molecule has 3 aliphatic rings. The third-order valence-corrected chi connectivity index (χ3v) is 8.18. The lowest BCUT2D eigenvalue weighted by Gasteiger charge is -2.36. The van der Waals surface area contributed by atoms with Crippen LogP contribution in [0.25, 0.3) is 5.78 Å². The van der Waals surface area contributed by atoms with E-state index in [0.717, 1.165) is 74.6 Å². The fraction of sp³-hybridized carbons (Fsp3) is 0.500. The number of benzene rings is 1. The summed E-state index contributed by atoms with van der Waals surface area (Å²) in [6.45, 7) is 6.56. The normalized spacial score (nSPS) is 20.1. The summed E-state index contributed by atoms with van der Waals surface area (Å²) in [4.78, 5) is 30.2. The van der Waals surface area contributed by atoms with Crippen LogP contribution in [0, 0.1) is 6.92 Å². The van der Waals surface area contributed by atoms with Crippen LogP contribution < -0.4 is 14.5 Å². The number of sulfonamides is 1. The van der Waals surface area contributed by atoms with E-state index in [1.54, 1.807) is 18.2 Å². The van der Waals surface area contributed by atoms with Gasteiger partial charge < -0.3 is 14.7 Å². The molecule has 37 heavy (non-hydrogen) atoms. The highest BCUT2D eigenvalue weighted by Gasteiger charge is 2.33. The smallest absolute Gasteiger partial charge is 0.256 e. The molecule has 0 unspecified atom stereocenters. The van der Waals surface area contributed by atoms with Crippen molar-refractivity contribution in [2.24, 2.45) is 0 Å². The van der Waals surface area contributed by atoms with Crippen molar-refractivity contribution in [1.82, 2.24) is 19.3 Å². The van der Waals surface area contributed by atoms with Crippen molar-refractivity contribution in [3.05, 3.63) is 47.3 Å². The van der Waals surface area contributed by atoms with Crippen LogP contribution >= 0.6 is 0 Å².